The number of piperidine rings is 1. The van der Waals surface area contributed by atoms with E-state index < -0.39 is 22.2 Å². The second kappa shape index (κ2) is 6.32. The number of carboxylic acid groups (broad SMARTS) is 1. The minimum Gasteiger partial charge on any atom is -0.480 e. The Morgan fingerprint density at radius 1 is 1.35 bits per heavy atom. The molecule has 0 spiro atoms. The molecule has 0 bridgehead atoms. The fourth-order valence-corrected chi connectivity index (χ4v) is 3.35. The molecule has 1 rings (SSSR count). The van der Waals surface area contributed by atoms with Crippen LogP contribution in [0.3, 0.4) is 0 Å². The highest BCUT2D eigenvalue weighted by atomic mass is 32.2. The molecule has 6 nitrogen and oxygen atoms in total. The van der Waals surface area contributed by atoms with Crippen molar-refractivity contribution in [3.05, 3.63) is 0 Å². The summed E-state index contributed by atoms with van der Waals surface area (Å²) < 4.78 is 27.5. The number of rotatable bonds is 6. The van der Waals surface area contributed by atoms with Crippen LogP contribution in [0, 0.1) is 0 Å². The third kappa shape index (κ3) is 4.25. The molecule has 0 aromatic rings. The van der Waals surface area contributed by atoms with Crippen LogP contribution in [-0.4, -0.2) is 42.9 Å². The van der Waals surface area contributed by atoms with Crippen molar-refractivity contribution in [2.75, 3.05) is 13.1 Å². The van der Waals surface area contributed by atoms with Crippen LogP contribution >= 0.6 is 0 Å². The molecule has 1 aliphatic heterocycles. The lowest BCUT2D eigenvalue weighted by molar-refractivity contribution is -0.139. The van der Waals surface area contributed by atoms with Gasteiger partial charge in [-0.15, -0.1) is 0 Å². The van der Waals surface area contributed by atoms with E-state index >= 15 is 0 Å². The third-order valence-corrected chi connectivity index (χ3v) is 4.45. The van der Waals surface area contributed by atoms with Crippen LogP contribution in [0.2, 0.25) is 0 Å². The molecule has 0 saturated carbocycles. The summed E-state index contributed by atoms with van der Waals surface area (Å²) >= 11 is 0. The molecule has 0 unspecified atom stereocenters. The molecule has 1 atom stereocenters. The summed E-state index contributed by atoms with van der Waals surface area (Å²) in [5.41, 5.74) is 0. The van der Waals surface area contributed by atoms with E-state index in [0.717, 1.165) is 19.3 Å². The Balaban J connectivity index is 2.65. The smallest absolute Gasteiger partial charge is 0.321 e. The van der Waals surface area contributed by atoms with E-state index in [2.05, 4.69) is 4.72 Å². The van der Waals surface area contributed by atoms with Crippen LogP contribution in [0.15, 0.2) is 0 Å². The van der Waals surface area contributed by atoms with E-state index in [1.165, 1.54) is 4.31 Å². The van der Waals surface area contributed by atoms with Gasteiger partial charge in [-0.1, -0.05) is 19.8 Å². The average Bonchev–Trinajstić information content (AvgIpc) is 2.29. The highest BCUT2D eigenvalue weighted by Crippen LogP contribution is 2.13. The summed E-state index contributed by atoms with van der Waals surface area (Å²) in [6.07, 6.45) is 3.64. The number of nitrogens with zero attached hydrogens (tertiary/aromatic N) is 1. The van der Waals surface area contributed by atoms with E-state index in [1.54, 1.807) is 0 Å². The molecule has 2 N–H and O–H groups in total. The van der Waals surface area contributed by atoms with E-state index in [1.807, 2.05) is 6.92 Å². The van der Waals surface area contributed by atoms with E-state index in [4.69, 9.17) is 5.11 Å². The van der Waals surface area contributed by atoms with Crippen molar-refractivity contribution in [3.63, 3.8) is 0 Å². The van der Waals surface area contributed by atoms with Gasteiger partial charge in [0, 0.05) is 13.1 Å². The van der Waals surface area contributed by atoms with Gasteiger partial charge >= 0.3 is 5.97 Å². The Bertz CT molecular complexity index is 349. The van der Waals surface area contributed by atoms with Crippen molar-refractivity contribution < 1.29 is 18.3 Å². The first kappa shape index (κ1) is 14.4. The molecule has 100 valence electrons. The van der Waals surface area contributed by atoms with Gasteiger partial charge in [0.1, 0.15) is 6.04 Å². The summed E-state index contributed by atoms with van der Waals surface area (Å²) in [6.45, 7) is 2.78. The molecule has 1 fully saturated rings. The van der Waals surface area contributed by atoms with E-state index in [9.17, 15) is 13.2 Å². The van der Waals surface area contributed by atoms with Crippen LogP contribution in [0.4, 0.5) is 0 Å². The molecular formula is C10H20N2O4S. The lowest BCUT2D eigenvalue weighted by atomic mass is 10.2. The summed E-state index contributed by atoms with van der Waals surface area (Å²) in [5.74, 6) is -1.12. The maximum absolute atomic E-state index is 11.9. The van der Waals surface area contributed by atoms with Crippen LogP contribution in [0.25, 0.3) is 0 Å². The minimum absolute atomic E-state index is 0.308. The molecule has 0 aliphatic carbocycles. The Morgan fingerprint density at radius 3 is 2.41 bits per heavy atom. The first-order chi connectivity index (χ1) is 7.97. The maximum atomic E-state index is 11.9. The molecular weight excluding hydrogens is 244 g/mol. The lowest BCUT2D eigenvalue weighted by Crippen LogP contribution is -2.49. The van der Waals surface area contributed by atoms with Gasteiger partial charge in [0.05, 0.1) is 0 Å². The normalized spacial score (nSPS) is 20.1. The zero-order valence-electron chi connectivity index (χ0n) is 10.1. The molecule has 0 aromatic carbocycles. The maximum Gasteiger partial charge on any atom is 0.321 e. The van der Waals surface area contributed by atoms with Gasteiger partial charge in [0.25, 0.3) is 10.2 Å². The first-order valence-corrected chi connectivity index (χ1v) is 7.41. The van der Waals surface area contributed by atoms with Crippen molar-refractivity contribution in [2.45, 2.75) is 45.1 Å². The van der Waals surface area contributed by atoms with Crippen molar-refractivity contribution in [1.82, 2.24) is 9.03 Å². The average molecular weight is 264 g/mol. The Morgan fingerprint density at radius 2 is 1.94 bits per heavy atom. The summed E-state index contributed by atoms with van der Waals surface area (Å²) in [5, 5.41) is 8.92. The predicted molar refractivity (Wildman–Crippen MR) is 63.8 cm³/mol. The quantitative estimate of drug-likeness (QED) is 0.734. The number of carboxylic acids is 1. The number of aliphatic carboxylic acids is 1. The van der Waals surface area contributed by atoms with Crippen molar-refractivity contribution in [1.29, 1.82) is 0 Å². The summed E-state index contributed by atoms with van der Waals surface area (Å²) in [7, 11) is -3.65. The van der Waals surface area contributed by atoms with Gasteiger partial charge in [-0.25, -0.2) is 0 Å². The van der Waals surface area contributed by atoms with Crippen molar-refractivity contribution in [3.8, 4) is 0 Å². The third-order valence-electron chi connectivity index (χ3n) is 2.82. The molecule has 17 heavy (non-hydrogen) atoms. The standard InChI is InChI=1S/C10H20N2O4S/c1-2-6-9(10(13)14)11-17(15,16)12-7-4-3-5-8-12/h9,11H,2-8H2,1H3,(H,13,14)/t9-/m0/s1. The highest BCUT2D eigenvalue weighted by Gasteiger charge is 2.29. The van der Waals surface area contributed by atoms with Crippen LogP contribution in [0.5, 0.6) is 0 Å². The van der Waals surface area contributed by atoms with E-state index in [-0.39, 0.29) is 0 Å². The molecule has 0 amide bonds. The molecule has 7 heteroatoms. The van der Waals surface area contributed by atoms with Gasteiger partial charge in [-0.3, -0.25) is 4.79 Å². The fourth-order valence-electron chi connectivity index (χ4n) is 1.88. The van der Waals surface area contributed by atoms with Gasteiger partial charge in [0.2, 0.25) is 0 Å². The van der Waals surface area contributed by atoms with Crippen molar-refractivity contribution in [2.24, 2.45) is 0 Å². The monoisotopic (exact) mass is 264 g/mol. The number of hydrogen-bond donors (Lipinski definition) is 2. The second-order valence-electron chi connectivity index (χ2n) is 4.26. The van der Waals surface area contributed by atoms with E-state index in [0.29, 0.717) is 25.9 Å². The zero-order chi connectivity index (χ0) is 12.9. The molecule has 1 aliphatic rings. The predicted octanol–water partition coefficient (Wildman–Crippen LogP) is 0.560. The molecule has 0 aromatic heterocycles. The van der Waals surface area contributed by atoms with Gasteiger partial charge < -0.3 is 5.11 Å². The van der Waals surface area contributed by atoms with Crippen LogP contribution in [0.1, 0.15) is 39.0 Å². The minimum atomic E-state index is -3.65. The van der Waals surface area contributed by atoms with Crippen LogP contribution in [-0.2, 0) is 15.0 Å². The Kier molecular flexibility index (Phi) is 5.35. The molecule has 1 saturated heterocycles. The second-order valence-corrected chi connectivity index (χ2v) is 5.96. The number of hydrogen-bond acceptors (Lipinski definition) is 3. The van der Waals surface area contributed by atoms with Crippen molar-refractivity contribution >= 4 is 16.2 Å². The Hall–Kier alpha value is -0.660. The molecule has 1 heterocycles. The van der Waals surface area contributed by atoms with Gasteiger partial charge in [0.15, 0.2) is 0 Å². The summed E-state index contributed by atoms with van der Waals surface area (Å²) in [6, 6.07) is -1.02. The van der Waals surface area contributed by atoms with Gasteiger partial charge in [-0.05, 0) is 19.3 Å². The number of carbonyl (C=O) groups is 1. The van der Waals surface area contributed by atoms with Gasteiger partial charge in [-0.2, -0.15) is 17.4 Å². The highest BCUT2D eigenvalue weighted by molar-refractivity contribution is 7.87. The first-order valence-electron chi connectivity index (χ1n) is 5.97. The zero-order valence-corrected chi connectivity index (χ0v) is 10.9. The topological polar surface area (TPSA) is 86.7 Å². The fraction of sp³-hybridized carbons (Fsp3) is 0.900. The SMILES string of the molecule is CCC[C@H](NS(=O)(=O)N1CCCCC1)C(=O)O. The largest absolute Gasteiger partial charge is 0.480 e. The Labute approximate surface area is 102 Å². The van der Waals surface area contributed by atoms with Crippen LogP contribution < -0.4 is 4.72 Å². The number of nitrogens with one attached hydrogen (secondary N) is 1. The lowest BCUT2D eigenvalue weighted by Gasteiger charge is -2.27. The molecule has 0 radical (unpaired) electrons. The summed E-state index contributed by atoms with van der Waals surface area (Å²) in [4.78, 5) is 10.9.